The third-order valence-electron chi connectivity index (χ3n) is 2.37. The van der Waals surface area contributed by atoms with Gasteiger partial charge in [0.05, 0.1) is 22.0 Å². The van der Waals surface area contributed by atoms with Crippen LogP contribution in [0.4, 0.5) is 0 Å². The molecule has 4 nitrogen and oxygen atoms in total. The van der Waals surface area contributed by atoms with Crippen molar-refractivity contribution in [2.45, 2.75) is 6.92 Å². The zero-order valence-electron chi connectivity index (χ0n) is 10.8. The molecule has 1 aromatic carbocycles. The van der Waals surface area contributed by atoms with Crippen LogP contribution >= 0.6 is 22.9 Å². The van der Waals surface area contributed by atoms with Gasteiger partial charge in [0.25, 0.3) is 5.91 Å². The molecule has 0 unspecified atom stereocenters. The third kappa shape index (κ3) is 4.08. The van der Waals surface area contributed by atoms with Crippen molar-refractivity contribution < 1.29 is 9.53 Å². The minimum absolute atomic E-state index is 0.274. The van der Waals surface area contributed by atoms with E-state index < -0.39 is 0 Å². The maximum atomic E-state index is 11.7. The number of hydrogen-bond donors (Lipinski definition) is 1. The van der Waals surface area contributed by atoms with Crippen LogP contribution in [0.5, 0.6) is 5.75 Å². The number of nitrogens with one attached hydrogen (secondary N) is 1. The number of ether oxygens (including phenoxy) is 1. The van der Waals surface area contributed by atoms with E-state index in [1.54, 1.807) is 18.3 Å². The smallest absolute Gasteiger partial charge is 0.281 e. The Kier molecular flexibility index (Phi) is 5.15. The van der Waals surface area contributed by atoms with E-state index in [0.717, 1.165) is 11.3 Å². The fraction of sp³-hybridized carbons (Fsp3) is 0.143. The largest absolute Gasteiger partial charge is 0.494 e. The maximum Gasteiger partial charge on any atom is 0.281 e. The van der Waals surface area contributed by atoms with E-state index in [-0.39, 0.29) is 5.91 Å². The molecule has 104 valence electrons. The molecule has 1 N–H and O–H groups in total. The second-order valence-corrected chi connectivity index (χ2v) is 5.52. The van der Waals surface area contributed by atoms with E-state index in [1.807, 2.05) is 31.2 Å². The molecule has 0 spiro atoms. The molecule has 0 atom stereocenters. The lowest BCUT2D eigenvalue weighted by molar-refractivity contribution is 0.0959. The molecular weight excluding hydrogens is 296 g/mol. The Balaban J connectivity index is 1.91. The zero-order chi connectivity index (χ0) is 14.4. The van der Waals surface area contributed by atoms with Crippen LogP contribution in [0.25, 0.3) is 0 Å². The van der Waals surface area contributed by atoms with Gasteiger partial charge < -0.3 is 4.74 Å². The molecule has 0 fully saturated rings. The van der Waals surface area contributed by atoms with Crippen LogP contribution in [0, 0.1) is 0 Å². The van der Waals surface area contributed by atoms with Gasteiger partial charge in [0.1, 0.15) is 5.75 Å². The summed E-state index contributed by atoms with van der Waals surface area (Å²) in [5.74, 6) is 0.533. The molecule has 0 radical (unpaired) electrons. The monoisotopic (exact) mass is 308 g/mol. The first-order valence-corrected chi connectivity index (χ1v) is 7.20. The van der Waals surface area contributed by atoms with Crippen molar-refractivity contribution in [2.24, 2.45) is 5.10 Å². The molecule has 1 heterocycles. The highest BCUT2D eigenvalue weighted by atomic mass is 35.5. The van der Waals surface area contributed by atoms with Gasteiger partial charge in [-0.2, -0.15) is 5.10 Å². The van der Waals surface area contributed by atoms with Gasteiger partial charge in [-0.25, -0.2) is 5.43 Å². The Bertz CT molecular complexity index is 608. The van der Waals surface area contributed by atoms with Gasteiger partial charge in [0.15, 0.2) is 0 Å². The van der Waals surface area contributed by atoms with E-state index in [0.29, 0.717) is 15.8 Å². The third-order valence-corrected chi connectivity index (χ3v) is 3.60. The van der Waals surface area contributed by atoms with Gasteiger partial charge in [-0.1, -0.05) is 11.6 Å². The molecule has 0 saturated heterocycles. The Morgan fingerprint density at radius 3 is 2.70 bits per heavy atom. The predicted molar refractivity (Wildman–Crippen MR) is 82.0 cm³/mol. The number of rotatable bonds is 5. The van der Waals surface area contributed by atoms with Crippen LogP contribution < -0.4 is 10.2 Å². The van der Waals surface area contributed by atoms with Crippen molar-refractivity contribution in [2.75, 3.05) is 6.61 Å². The highest BCUT2D eigenvalue weighted by Crippen LogP contribution is 2.21. The number of hydrazone groups is 1. The molecule has 2 aromatic rings. The molecule has 1 amide bonds. The number of nitrogens with zero attached hydrogens (tertiary/aromatic N) is 1. The molecular formula is C14H13ClN2O2S. The number of carbonyl (C=O) groups excluding carboxylic acids is 1. The van der Waals surface area contributed by atoms with Crippen LogP contribution in [-0.4, -0.2) is 18.7 Å². The first kappa shape index (κ1) is 14.6. The lowest BCUT2D eigenvalue weighted by Gasteiger charge is -2.02. The van der Waals surface area contributed by atoms with Gasteiger partial charge in [0.2, 0.25) is 0 Å². The Hall–Kier alpha value is -1.85. The van der Waals surface area contributed by atoms with Crippen molar-refractivity contribution in [3.05, 3.63) is 51.2 Å². The van der Waals surface area contributed by atoms with Gasteiger partial charge in [-0.3, -0.25) is 4.79 Å². The molecule has 0 aliphatic rings. The number of benzene rings is 1. The topological polar surface area (TPSA) is 50.7 Å². The number of halogens is 1. The lowest BCUT2D eigenvalue weighted by Crippen LogP contribution is -2.16. The van der Waals surface area contributed by atoms with Crippen molar-refractivity contribution >= 4 is 35.1 Å². The van der Waals surface area contributed by atoms with E-state index in [1.165, 1.54) is 11.3 Å². The van der Waals surface area contributed by atoms with Crippen LogP contribution in [0.3, 0.4) is 0 Å². The fourth-order valence-corrected chi connectivity index (χ4v) is 2.41. The van der Waals surface area contributed by atoms with Crippen LogP contribution in [-0.2, 0) is 0 Å². The Labute approximate surface area is 126 Å². The standard InChI is InChI=1S/C14H13ClN2O2S/c1-2-19-11-5-3-10(4-6-11)9-16-17-14(18)12-7-8-13(15)20-12/h3-9H,2H2,1H3,(H,17,18). The average Bonchev–Trinajstić information content (AvgIpc) is 2.88. The predicted octanol–water partition coefficient (Wildman–Crippen LogP) is 3.56. The minimum atomic E-state index is -0.274. The van der Waals surface area contributed by atoms with Gasteiger partial charge >= 0.3 is 0 Å². The summed E-state index contributed by atoms with van der Waals surface area (Å²) in [5.41, 5.74) is 3.32. The van der Waals surface area contributed by atoms with E-state index in [9.17, 15) is 4.79 Å². The summed E-state index contributed by atoms with van der Waals surface area (Å²) >= 11 is 6.98. The van der Waals surface area contributed by atoms with Gasteiger partial charge in [0, 0.05) is 0 Å². The normalized spacial score (nSPS) is 10.7. The van der Waals surface area contributed by atoms with Gasteiger partial charge in [-0.05, 0) is 48.9 Å². The Morgan fingerprint density at radius 2 is 2.10 bits per heavy atom. The van der Waals surface area contributed by atoms with Crippen molar-refractivity contribution in [3.63, 3.8) is 0 Å². The first-order valence-electron chi connectivity index (χ1n) is 6.00. The average molecular weight is 309 g/mol. The summed E-state index contributed by atoms with van der Waals surface area (Å²) in [5, 5.41) is 3.90. The number of amides is 1. The lowest BCUT2D eigenvalue weighted by atomic mass is 10.2. The van der Waals surface area contributed by atoms with Gasteiger partial charge in [-0.15, -0.1) is 11.3 Å². The molecule has 0 saturated carbocycles. The van der Waals surface area contributed by atoms with E-state index in [4.69, 9.17) is 16.3 Å². The molecule has 0 bridgehead atoms. The second-order valence-electron chi connectivity index (χ2n) is 3.80. The van der Waals surface area contributed by atoms with Crippen LogP contribution in [0.2, 0.25) is 4.34 Å². The maximum absolute atomic E-state index is 11.7. The molecule has 1 aromatic heterocycles. The summed E-state index contributed by atoms with van der Waals surface area (Å²) in [6.07, 6.45) is 1.57. The number of hydrogen-bond acceptors (Lipinski definition) is 4. The fourth-order valence-electron chi connectivity index (χ4n) is 1.47. The summed E-state index contributed by atoms with van der Waals surface area (Å²) in [7, 11) is 0. The number of carbonyl (C=O) groups is 1. The second kappa shape index (κ2) is 7.07. The first-order chi connectivity index (χ1) is 9.69. The quantitative estimate of drug-likeness (QED) is 0.678. The summed E-state index contributed by atoms with van der Waals surface area (Å²) in [4.78, 5) is 12.2. The van der Waals surface area contributed by atoms with Crippen molar-refractivity contribution in [3.8, 4) is 5.75 Å². The highest BCUT2D eigenvalue weighted by Gasteiger charge is 2.06. The van der Waals surface area contributed by atoms with Crippen LogP contribution in [0.15, 0.2) is 41.5 Å². The Morgan fingerprint density at radius 1 is 1.35 bits per heavy atom. The molecule has 20 heavy (non-hydrogen) atoms. The van der Waals surface area contributed by atoms with E-state index >= 15 is 0 Å². The minimum Gasteiger partial charge on any atom is -0.494 e. The molecule has 6 heteroatoms. The summed E-state index contributed by atoms with van der Waals surface area (Å²) < 4.78 is 5.91. The molecule has 0 aliphatic heterocycles. The summed E-state index contributed by atoms with van der Waals surface area (Å²) in [6.45, 7) is 2.56. The number of thiophene rings is 1. The molecule has 2 rings (SSSR count). The van der Waals surface area contributed by atoms with Crippen LogP contribution in [0.1, 0.15) is 22.2 Å². The molecule has 0 aliphatic carbocycles. The SMILES string of the molecule is CCOc1ccc(C=NNC(=O)c2ccc(Cl)s2)cc1. The highest BCUT2D eigenvalue weighted by molar-refractivity contribution is 7.17. The zero-order valence-corrected chi connectivity index (χ0v) is 12.4. The van der Waals surface area contributed by atoms with E-state index in [2.05, 4.69) is 10.5 Å². The summed E-state index contributed by atoms with van der Waals surface area (Å²) in [6, 6.07) is 10.8. The van der Waals surface area contributed by atoms with Crippen molar-refractivity contribution in [1.82, 2.24) is 5.43 Å². The van der Waals surface area contributed by atoms with Crippen molar-refractivity contribution in [1.29, 1.82) is 0 Å².